The molecule has 0 aliphatic heterocycles. The Hall–Kier alpha value is -2.97. The van der Waals surface area contributed by atoms with Gasteiger partial charge in [-0.05, 0) is 58.7 Å². The maximum Gasteiger partial charge on any atom is 0.162 e. The first-order valence-electron chi connectivity index (χ1n) is 11.7. The summed E-state index contributed by atoms with van der Waals surface area (Å²) in [6.45, 7) is 9.39. The zero-order valence-electron chi connectivity index (χ0n) is 19.8. The average molecular weight is 452 g/mol. The standard InChI is InChI=1S/C25H33N5O3/c1-5-26-13-20(31)14-32-21-11-6-8-18(12-21)25-28-23(22-16(3)30-33-17(22)4)15(2)24(29-25)27-19-9-7-10-19/h6,8,11-12,19-20,26,31H,5,7,9-10,13-14H2,1-4H3,(H,27,28,29). The molecule has 0 saturated heterocycles. The fourth-order valence-electron chi connectivity index (χ4n) is 3.88. The maximum atomic E-state index is 10.1. The number of aromatic nitrogens is 3. The van der Waals surface area contributed by atoms with E-state index in [1.54, 1.807) is 0 Å². The lowest BCUT2D eigenvalue weighted by Gasteiger charge is -2.28. The molecule has 0 bridgehead atoms. The van der Waals surface area contributed by atoms with Crippen molar-refractivity contribution in [1.29, 1.82) is 0 Å². The number of rotatable bonds is 10. The Kier molecular flexibility index (Phi) is 7.25. The molecule has 1 atom stereocenters. The van der Waals surface area contributed by atoms with Gasteiger partial charge < -0.3 is 25.0 Å². The lowest BCUT2D eigenvalue weighted by molar-refractivity contribution is 0.107. The molecular weight excluding hydrogens is 418 g/mol. The highest BCUT2D eigenvalue weighted by Gasteiger charge is 2.23. The highest BCUT2D eigenvalue weighted by molar-refractivity contribution is 5.74. The Morgan fingerprint density at radius 2 is 2.03 bits per heavy atom. The molecule has 2 heterocycles. The van der Waals surface area contributed by atoms with Gasteiger partial charge in [0.2, 0.25) is 0 Å². The van der Waals surface area contributed by atoms with Crippen molar-refractivity contribution >= 4 is 5.82 Å². The number of nitrogens with zero attached hydrogens (tertiary/aromatic N) is 3. The van der Waals surface area contributed by atoms with Crippen LogP contribution in [0.5, 0.6) is 5.75 Å². The number of likely N-dealkylation sites (N-methyl/N-ethyl adjacent to an activating group) is 1. The van der Waals surface area contributed by atoms with Gasteiger partial charge in [0.1, 0.15) is 30.0 Å². The Morgan fingerprint density at radius 1 is 1.21 bits per heavy atom. The number of nitrogens with one attached hydrogen (secondary N) is 2. The second kappa shape index (κ2) is 10.3. The fourth-order valence-corrected chi connectivity index (χ4v) is 3.88. The molecule has 0 spiro atoms. The molecule has 1 aliphatic rings. The third-order valence-corrected chi connectivity index (χ3v) is 6.03. The van der Waals surface area contributed by atoms with Crippen molar-refractivity contribution in [3.63, 3.8) is 0 Å². The Labute approximate surface area is 194 Å². The van der Waals surface area contributed by atoms with Crippen LogP contribution in [-0.4, -0.2) is 52.1 Å². The van der Waals surface area contributed by atoms with Gasteiger partial charge in [-0.3, -0.25) is 0 Å². The van der Waals surface area contributed by atoms with Crippen molar-refractivity contribution in [2.45, 2.75) is 59.1 Å². The Bertz CT molecular complexity index is 1070. The van der Waals surface area contributed by atoms with Gasteiger partial charge in [0.15, 0.2) is 5.82 Å². The van der Waals surface area contributed by atoms with Gasteiger partial charge in [0.25, 0.3) is 0 Å². The second-order valence-electron chi connectivity index (χ2n) is 8.64. The van der Waals surface area contributed by atoms with Crippen molar-refractivity contribution in [1.82, 2.24) is 20.4 Å². The molecule has 4 rings (SSSR count). The summed E-state index contributed by atoms with van der Waals surface area (Å²) in [5, 5.41) is 20.9. The zero-order chi connectivity index (χ0) is 23.4. The van der Waals surface area contributed by atoms with Crippen LogP contribution in [0.15, 0.2) is 28.8 Å². The van der Waals surface area contributed by atoms with E-state index in [0.717, 1.165) is 59.0 Å². The summed E-state index contributed by atoms with van der Waals surface area (Å²) >= 11 is 0. The quantitative estimate of drug-likeness (QED) is 0.424. The van der Waals surface area contributed by atoms with Gasteiger partial charge in [-0.25, -0.2) is 9.97 Å². The zero-order valence-corrected chi connectivity index (χ0v) is 19.8. The third kappa shape index (κ3) is 5.34. The summed E-state index contributed by atoms with van der Waals surface area (Å²) < 4.78 is 11.3. The molecule has 2 aromatic heterocycles. The molecule has 1 aliphatic carbocycles. The molecule has 176 valence electrons. The molecule has 1 fully saturated rings. The monoisotopic (exact) mass is 451 g/mol. The van der Waals surface area contributed by atoms with E-state index in [0.29, 0.717) is 24.2 Å². The molecular formula is C25H33N5O3. The molecule has 1 saturated carbocycles. The molecule has 8 heteroatoms. The van der Waals surface area contributed by atoms with Crippen molar-refractivity contribution in [3.05, 3.63) is 41.3 Å². The van der Waals surface area contributed by atoms with Crippen LogP contribution in [0, 0.1) is 20.8 Å². The summed E-state index contributed by atoms with van der Waals surface area (Å²) in [5.74, 6) is 2.85. The van der Waals surface area contributed by atoms with Crippen LogP contribution in [0.2, 0.25) is 0 Å². The first-order chi connectivity index (χ1) is 16.0. The van der Waals surface area contributed by atoms with Crippen molar-refractivity contribution in [2.24, 2.45) is 0 Å². The lowest BCUT2D eigenvalue weighted by atomic mass is 9.93. The molecule has 0 radical (unpaired) electrons. The van der Waals surface area contributed by atoms with Gasteiger partial charge in [0, 0.05) is 23.7 Å². The topological polar surface area (TPSA) is 105 Å². The van der Waals surface area contributed by atoms with E-state index < -0.39 is 6.10 Å². The maximum absolute atomic E-state index is 10.1. The SMILES string of the molecule is CCNCC(O)COc1cccc(-c2nc(NC3CCC3)c(C)c(-c3c(C)noc3C)n2)c1. The number of benzene rings is 1. The molecule has 3 N–H and O–H groups in total. The van der Waals surface area contributed by atoms with E-state index in [9.17, 15) is 5.11 Å². The molecule has 1 unspecified atom stereocenters. The van der Waals surface area contributed by atoms with Gasteiger partial charge in [0.05, 0.1) is 17.0 Å². The highest BCUT2D eigenvalue weighted by Crippen LogP contribution is 2.35. The smallest absolute Gasteiger partial charge is 0.162 e. The number of hydrogen-bond donors (Lipinski definition) is 3. The number of ether oxygens (including phenoxy) is 1. The summed E-state index contributed by atoms with van der Waals surface area (Å²) in [5.41, 5.74) is 4.37. The predicted octanol–water partition coefficient (Wildman–Crippen LogP) is 4.04. The normalized spacial score (nSPS) is 14.7. The molecule has 3 aromatic rings. The van der Waals surface area contributed by atoms with E-state index in [1.165, 1.54) is 6.42 Å². The third-order valence-electron chi connectivity index (χ3n) is 6.03. The summed E-state index contributed by atoms with van der Waals surface area (Å²) in [6.07, 6.45) is 2.97. The van der Waals surface area contributed by atoms with Crippen LogP contribution in [0.3, 0.4) is 0 Å². The molecule has 8 nitrogen and oxygen atoms in total. The minimum Gasteiger partial charge on any atom is -0.491 e. The summed E-state index contributed by atoms with van der Waals surface area (Å²) in [4.78, 5) is 9.81. The van der Waals surface area contributed by atoms with E-state index >= 15 is 0 Å². The number of aryl methyl sites for hydroxylation is 2. The van der Waals surface area contributed by atoms with E-state index in [2.05, 4.69) is 15.8 Å². The number of aliphatic hydroxyl groups excluding tert-OH is 1. The first kappa shape index (κ1) is 23.2. The van der Waals surface area contributed by atoms with Gasteiger partial charge in [-0.1, -0.05) is 24.2 Å². The largest absolute Gasteiger partial charge is 0.491 e. The van der Waals surface area contributed by atoms with Crippen molar-refractivity contribution in [3.8, 4) is 28.4 Å². The number of anilines is 1. The molecule has 1 aromatic carbocycles. The minimum absolute atomic E-state index is 0.212. The van der Waals surface area contributed by atoms with Crippen molar-refractivity contribution < 1.29 is 14.4 Å². The Balaban J connectivity index is 1.67. The van der Waals surface area contributed by atoms with Crippen LogP contribution in [-0.2, 0) is 0 Å². The summed E-state index contributed by atoms with van der Waals surface area (Å²) in [6, 6.07) is 8.11. The van der Waals surface area contributed by atoms with Crippen LogP contribution in [0.1, 0.15) is 43.2 Å². The predicted molar refractivity (Wildman–Crippen MR) is 128 cm³/mol. The van der Waals surface area contributed by atoms with Gasteiger partial charge in [-0.2, -0.15) is 0 Å². The fraction of sp³-hybridized carbons (Fsp3) is 0.480. The number of aliphatic hydroxyl groups is 1. The van der Waals surface area contributed by atoms with Crippen molar-refractivity contribution in [2.75, 3.05) is 25.0 Å². The average Bonchev–Trinajstić information content (AvgIpc) is 3.12. The van der Waals surface area contributed by atoms with Crippen LogP contribution < -0.4 is 15.4 Å². The van der Waals surface area contributed by atoms with Crippen LogP contribution in [0.25, 0.3) is 22.6 Å². The number of hydrogen-bond acceptors (Lipinski definition) is 8. The summed E-state index contributed by atoms with van der Waals surface area (Å²) in [7, 11) is 0. The van der Waals surface area contributed by atoms with Crippen LogP contribution >= 0.6 is 0 Å². The minimum atomic E-state index is -0.575. The molecule has 33 heavy (non-hydrogen) atoms. The lowest BCUT2D eigenvalue weighted by Crippen LogP contribution is -2.31. The first-order valence-corrected chi connectivity index (χ1v) is 11.7. The van der Waals surface area contributed by atoms with Crippen LogP contribution in [0.4, 0.5) is 5.82 Å². The van der Waals surface area contributed by atoms with E-state index in [-0.39, 0.29) is 6.61 Å². The highest BCUT2D eigenvalue weighted by atomic mass is 16.5. The molecule has 0 amide bonds. The van der Waals surface area contributed by atoms with E-state index in [1.807, 2.05) is 52.0 Å². The van der Waals surface area contributed by atoms with Gasteiger partial charge >= 0.3 is 0 Å². The van der Waals surface area contributed by atoms with Gasteiger partial charge in [-0.15, -0.1) is 0 Å². The van der Waals surface area contributed by atoms with E-state index in [4.69, 9.17) is 19.2 Å². The second-order valence-corrected chi connectivity index (χ2v) is 8.64. The Morgan fingerprint density at radius 3 is 2.70 bits per heavy atom.